The first-order valence-corrected chi connectivity index (χ1v) is 5.09. The lowest BCUT2D eigenvalue weighted by molar-refractivity contribution is 0.309. The summed E-state index contributed by atoms with van der Waals surface area (Å²) in [4.78, 5) is 1.08. The van der Waals surface area contributed by atoms with Crippen LogP contribution in [0.1, 0.15) is 10.6 Å². The van der Waals surface area contributed by atoms with E-state index in [2.05, 4.69) is 9.59 Å². The first-order chi connectivity index (χ1) is 6.86. The fraction of sp³-hybridized carbons (Fsp3) is 0.200. The molecule has 0 amide bonds. The maximum atomic E-state index is 5.56. The van der Waals surface area contributed by atoms with Crippen molar-refractivity contribution in [3.8, 4) is 5.75 Å². The fourth-order valence-corrected chi connectivity index (χ4v) is 1.60. The van der Waals surface area contributed by atoms with Gasteiger partial charge in [0.25, 0.3) is 0 Å². The average Bonchev–Trinajstić information content (AvgIpc) is 2.63. The van der Waals surface area contributed by atoms with Gasteiger partial charge < -0.3 is 4.74 Å². The monoisotopic (exact) mass is 206 g/mol. The van der Waals surface area contributed by atoms with Gasteiger partial charge >= 0.3 is 0 Å². The van der Waals surface area contributed by atoms with Crippen LogP contribution in [0, 0.1) is 6.92 Å². The van der Waals surface area contributed by atoms with Gasteiger partial charge in [-0.15, -0.1) is 5.10 Å². The summed E-state index contributed by atoms with van der Waals surface area (Å²) in [6, 6.07) is 9.74. The van der Waals surface area contributed by atoms with E-state index in [1.807, 2.05) is 37.3 Å². The second-order valence-electron chi connectivity index (χ2n) is 2.88. The maximum absolute atomic E-state index is 5.56. The molecule has 0 saturated heterocycles. The summed E-state index contributed by atoms with van der Waals surface area (Å²) in [6.07, 6.45) is 0. The zero-order chi connectivity index (χ0) is 9.80. The summed E-state index contributed by atoms with van der Waals surface area (Å²) in [5.41, 5.74) is 0.950. The highest BCUT2D eigenvalue weighted by Gasteiger charge is 2.03. The summed E-state index contributed by atoms with van der Waals surface area (Å²) in [7, 11) is 0. The molecular formula is C10H10N2OS. The lowest BCUT2D eigenvalue weighted by atomic mass is 10.3. The number of aromatic nitrogens is 2. The van der Waals surface area contributed by atoms with E-state index >= 15 is 0 Å². The third-order valence-corrected chi connectivity index (χ3v) is 2.66. The lowest BCUT2D eigenvalue weighted by Crippen LogP contribution is -1.94. The van der Waals surface area contributed by atoms with Gasteiger partial charge in [0.1, 0.15) is 12.4 Å². The van der Waals surface area contributed by atoms with Gasteiger partial charge in [-0.1, -0.05) is 22.7 Å². The zero-order valence-electron chi connectivity index (χ0n) is 7.80. The standard InChI is InChI=1S/C10H10N2OS/c1-8-10(14-12-11-8)7-13-9-5-3-2-4-6-9/h2-6H,7H2,1H3. The highest BCUT2D eigenvalue weighted by atomic mass is 32.1. The molecule has 0 saturated carbocycles. The molecular weight excluding hydrogens is 196 g/mol. The third kappa shape index (κ3) is 2.09. The molecule has 0 aliphatic carbocycles. The Labute approximate surface area is 86.5 Å². The second kappa shape index (κ2) is 4.19. The topological polar surface area (TPSA) is 35.0 Å². The fourth-order valence-electron chi connectivity index (χ4n) is 1.05. The summed E-state index contributed by atoms with van der Waals surface area (Å²) in [5.74, 6) is 0.875. The first kappa shape index (κ1) is 9.15. The largest absolute Gasteiger partial charge is 0.488 e. The minimum absolute atomic E-state index is 0.549. The predicted molar refractivity (Wildman–Crippen MR) is 55.4 cm³/mol. The van der Waals surface area contributed by atoms with Crippen LogP contribution in [0.25, 0.3) is 0 Å². The van der Waals surface area contributed by atoms with E-state index in [0.29, 0.717) is 6.61 Å². The number of hydrogen-bond acceptors (Lipinski definition) is 4. The van der Waals surface area contributed by atoms with Crippen molar-refractivity contribution in [2.24, 2.45) is 0 Å². The van der Waals surface area contributed by atoms with Gasteiger partial charge in [0.05, 0.1) is 10.6 Å². The molecule has 2 rings (SSSR count). The SMILES string of the molecule is Cc1nnsc1COc1ccccc1. The van der Waals surface area contributed by atoms with Crippen molar-refractivity contribution < 1.29 is 4.74 Å². The van der Waals surface area contributed by atoms with Crippen molar-refractivity contribution in [1.82, 2.24) is 9.59 Å². The van der Waals surface area contributed by atoms with Crippen LogP contribution in [0.5, 0.6) is 5.75 Å². The van der Waals surface area contributed by atoms with E-state index in [1.54, 1.807) is 0 Å². The molecule has 1 heterocycles. The van der Waals surface area contributed by atoms with E-state index in [4.69, 9.17) is 4.74 Å². The van der Waals surface area contributed by atoms with Crippen LogP contribution in [-0.4, -0.2) is 9.59 Å². The van der Waals surface area contributed by atoms with Gasteiger partial charge in [-0.2, -0.15) is 0 Å². The molecule has 3 nitrogen and oxygen atoms in total. The Bertz CT molecular complexity index is 400. The molecule has 0 bridgehead atoms. The number of para-hydroxylation sites is 1. The number of rotatable bonds is 3. The summed E-state index contributed by atoms with van der Waals surface area (Å²) in [6.45, 7) is 2.49. The molecule has 0 fully saturated rings. The Kier molecular flexibility index (Phi) is 2.74. The van der Waals surface area contributed by atoms with Gasteiger partial charge in [0.2, 0.25) is 0 Å². The molecule has 4 heteroatoms. The molecule has 0 unspecified atom stereocenters. The molecule has 14 heavy (non-hydrogen) atoms. The minimum Gasteiger partial charge on any atom is -0.488 e. The van der Waals surface area contributed by atoms with Gasteiger partial charge in [-0.05, 0) is 30.6 Å². The van der Waals surface area contributed by atoms with Gasteiger partial charge in [0.15, 0.2) is 0 Å². The summed E-state index contributed by atoms with van der Waals surface area (Å²) >= 11 is 1.38. The Hall–Kier alpha value is -1.42. The third-order valence-electron chi connectivity index (χ3n) is 1.86. The normalized spacial score (nSPS) is 10.1. The van der Waals surface area contributed by atoms with E-state index < -0.39 is 0 Å². The van der Waals surface area contributed by atoms with E-state index in [9.17, 15) is 0 Å². The molecule has 0 aliphatic heterocycles. The van der Waals surface area contributed by atoms with Crippen molar-refractivity contribution in [2.45, 2.75) is 13.5 Å². The Balaban J connectivity index is 1.99. The van der Waals surface area contributed by atoms with Gasteiger partial charge in [0, 0.05) is 0 Å². The number of ether oxygens (including phenoxy) is 1. The molecule has 0 radical (unpaired) electrons. The van der Waals surface area contributed by atoms with Crippen LogP contribution in [-0.2, 0) is 6.61 Å². The van der Waals surface area contributed by atoms with E-state index in [-0.39, 0.29) is 0 Å². The van der Waals surface area contributed by atoms with Crippen molar-refractivity contribution in [2.75, 3.05) is 0 Å². The van der Waals surface area contributed by atoms with Crippen molar-refractivity contribution in [3.63, 3.8) is 0 Å². The number of hydrogen-bond donors (Lipinski definition) is 0. The predicted octanol–water partition coefficient (Wildman–Crippen LogP) is 2.43. The van der Waals surface area contributed by atoms with E-state index in [0.717, 1.165) is 16.3 Å². The summed E-state index contributed by atoms with van der Waals surface area (Å²) in [5, 5.41) is 3.92. The van der Waals surface area contributed by atoms with Gasteiger partial charge in [-0.3, -0.25) is 0 Å². The quantitative estimate of drug-likeness (QED) is 0.773. The average molecular weight is 206 g/mol. The number of aryl methyl sites for hydroxylation is 1. The Morgan fingerprint density at radius 1 is 1.29 bits per heavy atom. The van der Waals surface area contributed by atoms with Crippen LogP contribution in [0.15, 0.2) is 30.3 Å². The Morgan fingerprint density at radius 2 is 2.07 bits per heavy atom. The minimum atomic E-state index is 0.549. The second-order valence-corrected chi connectivity index (χ2v) is 3.72. The molecule has 1 aromatic carbocycles. The van der Waals surface area contributed by atoms with Gasteiger partial charge in [-0.25, -0.2) is 0 Å². The molecule has 72 valence electrons. The maximum Gasteiger partial charge on any atom is 0.126 e. The van der Waals surface area contributed by atoms with Crippen molar-refractivity contribution in [1.29, 1.82) is 0 Å². The number of benzene rings is 1. The number of nitrogens with zero attached hydrogens (tertiary/aromatic N) is 2. The first-order valence-electron chi connectivity index (χ1n) is 4.32. The molecule has 0 aliphatic rings. The molecule has 1 aromatic heterocycles. The van der Waals surface area contributed by atoms with Crippen molar-refractivity contribution >= 4 is 11.5 Å². The molecule has 2 aromatic rings. The molecule has 0 N–H and O–H groups in total. The van der Waals surface area contributed by atoms with E-state index in [1.165, 1.54) is 11.5 Å². The van der Waals surface area contributed by atoms with Crippen LogP contribution in [0.4, 0.5) is 0 Å². The smallest absolute Gasteiger partial charge is 0.126 e. The lowest BCUT2D eigenvalue weighted by Gasteiger charge is -2.03. The van der Waals surface area contributed by atoms with Crippen LogP contribution < -0.4 is 4.74 Å². The summed E-state index contributed by atoms with van der Waals surface area (Å²) < 4.78 is 9.41. The molecule has 0 spiro atoms. The molecule has 0 atom stereocenters. The highest BCUT2D eigenvalue weighted by molar-refractivity contribution is 7.05. The zero-order valence-corrected chi connectivity index (χ0v) is 8.62. The van der Waals surface area contributed by atoms with Crippen LogP contribution >= 0.6 is 11.5 Å². The van der Waals surface area contributed by atoms with Crippen molar-refractivity contribution in [3.05, 3.63) is 40.9 Å². The Morgan fingerprint density at radius 3 is 2.71 bits per heavy atom. The van der Waals surface area contributed by atoms with Crippen LogP contribution in [0.2, 0.25) is 0 Å². The van der Waals surface area contributed by atoms with Crippen LogP contribution in [0.3, 0.4) is 0 Å². The highest BCUT2D eigenvalue weighted by Crippen LogP contribution is 2.14.